The Labute approximate surface area is 185 Å². The predicted molar refractivity (Wildman–Crippen MR) is 123 cm³/mol. The topological polar surface area (TPSA) is 87.5 Å². The third-order valence-corrected chi connectivity index (χ3v) is 6.18. The first-order valence-electron chi connectivity index (χ1n) is 10.9. The van der Waals surface area contributed by atoms with Gasteiger partial charge in [-0.1, -0.05) is 18.2 Å². The molecule has 3 heterocycles. The van der Waals surface area contributed by atoms with Gasteiger partial charge in [-0.3, -0.25) is 14.4 Å². The average Bonchev–Trinajstić information content (AvgIpc) is 3.42. The van der Waals surface area contributed by atoms with Gasteiger partial charge in [0, 0.05) is 50.9 Å². The van der Waals surface area contributed by atoms with E-state index in [9.17, 15) is 14.4 Å². The van der Waals surface area contributed by atoms with E-state index in [1.165, 1.54) is 0 Å². The van der Waals surface area contributed by atoms with Crippen LogP contribution in [0, 0.1) is 0 Å². The standard InChI is InChI=1S/C24H25N5O3/c1-27-15-16-8-9-17(14-18(16)23(27)31)25-21(30)10-13-29-20-7-3-2-6-19(20)26-22(24(29)32)28-11-4-5-12-28/h2-3,6-9,14H,4-5,10-13,15H2,1H3,(H,25,30). The molecule has 5 rings (SSSR count). The maximum atomic E-state index is 13.2. The number of carbonyl (C=O) groups is 2. The Morgan fingerprint density at radius 2 is 1.88 bits per heavy atom. The Hall–Kier alpha value is -3.68. The fourth-order valence-electron chi connectivity index (χ4n) is 4.50. The van der Waals surface area contributed by atoms with E-state index in [1.54, 1.807) is 22.6 Å². The number of para-hydroxylation sites is 2. The number of amides is 2. The third-order valence-electron chi connectivity index (χ3n) is 6.18. The Bertz CT molecular complexity index is 1280. The Balaban J connectivity index is 1.36. The van der Waals surface area contributed by atoms with E-state index in [-0.39, 0.29) is 30.3 Å². The number of hydrogen-bond donors (Lipinski definition) is 1. The highest BCUT2D eigenvalue weighted by Gasteiger charge is 2.25. The highest BCUT2D eigenvalue weighted by molar-refractivity contribution is 6.00. The molecule has 0 atom stereocenters. The lowest BCUT2D eigenvalue weighted by Crippen LogP contribution is -2.32. The van der Waals surface area contributed by atoms with Gasteiger partial charge in [-0.2, -0.15) is 0 Å². The van der Waals surface area contributed by atoms with Gasteiger partial charge in [0.2, 0.25) is 5.91 Å². The fraction of sp³-hybridized carbons (Fsp3) is 0.333. The summed E-state index contributed by atoms with van der Waals surface area (Å²) in [6.07, 6.45) is 2.24. The second-order valence-electron chi connectivity index (χ2n) is 8.41. The van der Waals surface area contributed by atoms with E-state index >= 15 is 0 Å². The number of hydrogen-bond acceptors (Lipinski definition) is 5. The molecule has 0 radical (unpaired) electrons. The molecule has 3 aromatic rings. The number of fused-ring (bicyclic) bond motifs is 2. The number of carbonyl (C=O) groups excluding carboxylic acids is 2. The molecule has 0 unspecified atom stereocenters. The number of rotatable bonds is 5. The van der Waals surface area contributed by atoms with Crippen LogP contribution in [0.5, 0.6) is 0 Å². The lowest BCUT2D eigenvalue weighted by atomic mass is 10.1. The third kappa shape index (κ3) is 3.62. The zero-order chi connectivity index (χ0) is 22.2. The van der Waals surface area contributed by atoms with Crippen molar-refractivity contribution in [1.82, 2.24) is 14.5 Å². The van der Waals surface area contributed by atoms with Crippen molar-refractivity contribution < 1.29 is 9.59 Å². The number of aromatic nitrogens is 2. The van der Waals surface area contributed by atoms with Gasteiger partial charge in [-0.25, -0.2) is 4.98 Å². The summed E-state index contributed by atoms with van der Waals surface area (Å²) in [7, 11) is 1.76. The lowest BCUT2D eigenvalue weighted by molar-refractivity contribution is -0.116. The second-order valence-corrected chi connectivity index (χ2v) is 8.41. The fourth-order valence-corrected chi connectivity index (χ4v) is 4.50. The van der Waals surface area contributed by atoms with Crippen LogP contribution in [0.15, 0.2) is 47.3 Å². The zero-order valence-electron chi connectivity index (χ0n) is 18.0. The van der Waals surface area contributed by atoms with Crippen LogP contribution >= 0.6 is 0 Å². The number of nitrogens with zero attached hydrogens (tertiary/aromatic N) is 4. The molecule has 1 N–H and O–H groups in total. The molecule has 32 heavy (non-hydrogen) atoms. The molecular formula is C24H25N5O3. The van der Waals surface area contributed by atoms with Crippen LogP contribution in [-0.2, 0) is 17.9 Å². The van der Waals surface area contributed by atoms with Crippen LogP contribution in [0.2, 0.25) is 0 Å². The average molecular weight is 431 g/mol. The quantitative estimate of drug-likeness (QED) is 0.671. The van der Waals surface area contributed by atoms with Gasteiger partial charge in [0.25, 0.3) is 11.5 Å². The molecule has 2 aliphatic rings. The maximum Gasteiger partial charge on any atom is 0.294 e. The summed E-state index contributed by atoms with van der Waals surface area (Å²) in [5.41, 5.74) is 3.47. The lowest BCUT2D eigenvalue weighted by Gasteiger charge is -2.19. The predicted octanol–water partition coefficient (Wildman–Crippen LogP) is 2.61. The molecule has 1 aromatic heterocycles. The minimum absolute atomic E-state index is 0.0413. The normalized spacial score (nSPS) is 15.5. The zero-order valence-corrected chi connectivity index (χ0v) is 18.0. The molecule has 2 aromatic carbocycles. The van der Waals surface area contributed by atoms with Crippen molar-refractivity contribution in [3.63, 3.8) is 0 Å². The summed E-state index contributed by atoms with van der Waals surface area (Å²) in [4.78, 5) is 46.4. The highest BCUT2D eigenvalue weighted by Crippen LogP contribution is 2.25. The van der Waals surface area contributed by atoms with Crippen molar-refractivity contribution >= 4 is 34.4 Å². The Kier molecular flexibility index (Phi) is 5.13. The molecule has 0 aliphatic carbocycles. The smallest absolute Gasteiger partial charge is 0.294 e. The summed E-state index contributed by atoms with van der Waals surface area (Å²) in [6.45, 7) is 2.49. The van der Waals surface area contributed by atoms with Crippen molar-refractivity contribution in [3.05, 3.63) is 63.9 Å². The molecular weight excluding hydrogens is 406 g/mol. The largest absolute Gasteiger partial charge is 0.352 e. The monoisotopic (exact) mass is 431 g/mol. The second kappa shape index (κ2) is 8.11. The molecule has 0 spiro atoms. The van der Waals surface area contributed by atoms with Crippen LogP contribution in [0.1, 0.15) is 35.2 Å². The molecule has 1 saturated heterocycles. The molecule has 0 bridgehead atoms. The summed E-state index contributed by atoms with van der Waals surface area (Å²) in [6, 6.07) is 12.9. The highest BCUT2D eigenvalue weighted by atomic mass is 16.2. The van der Waals surface area contributed by atoms with E-state index in [0.717, 1.165) is 42.5 Å². The minimum atomic E-state index is -0.209. The van der Waals surface area contributed by atoms with Crippen molar-refractivity contribution in [2.24, 2.45) is 0 Å². The van der Waals surface area contributed by atoms with Gasteiger partial charge in [-0.05, 0) is 42.7 Å². The number of anilines is 2. The summed E-state index contributed by atoms with van der Waals surface area (Å²) < 4.78 is 1.65. The first-order valence-corrected chi connectivity index (χ1v) is 10.9. The SMILES string of the molecule is CN1Cc2ccc(NC(=O)CCn3c(=O)c(N4CCCC4)nc4ccccc43)cc2C1=O. The van der Waals surface area contributed by atoms with Crippen molar-refractivity contribution in [2.75, 3.05) is 30.4 Å². The van der Waals surface area contributed by atoms with Crippen molar-refractivity contribution in [2.45, 2.75) is 32.4 Å². The maximum absolute atomic E-state index is 13.2. The first kappa shape index (κ1) is 20.2. The molecule has 1 fully saturated rings. The molecule has 8 heteroatoms. The molecule has 0 saturated carbocycles. The van der Waals surface area contributed by atoms with Gasteiger partial charge >= 0.3 is 0 Å². The Morgan fingerprint density at radius 3 is 2.69 bits per heavy atom. The van der Waals surface area contributed by atoms with E-state index in [0.29, 0.717) is 23.6 Å². The van der Waals surface area contributed by atoms with E-state index < -0.39 is 0 Å². The number of aryl methyl sites for hydroxylation is 1. The molecule has 2 amide bonds. The van der Waals surface area contributed by atoms with Gasteiger partial charge in [0.05, 0.1) is 11.0 Å². The van der Waals surface area contributed by atoms with Gasteiger partial charge < -0.3 is 19.7 Å². The molecule has 8 nitrogen and oxygen atoms in total. The number of benzene rings is 2. The van der Waals surface area contributed by atoms with Crippen LogP contribution in [0.4, 0.5) is 11.5 Å². The minimum Gasteiger partial charge on any atom is -0.352 e. The summed E-state index contributed by atoms with van der Waals surface area (Å²) >= 11 is 0. The summed E-state index contributed by atoms with van der Waals surface area (Å²) in [5.74, 6) is 0.211. The van der Waals surface area contributed by atoms with Crippen molar-refractivity contribution in [3.8, 4) is 0 Å². The molecule has 2 aliphatic heterocycles. The molecule has 164 valence electrons. The van der Waals surface area contributed by atoms with E-state index in [1.807, 2.05) is 41.3 Å². The van der Waals surface area contributed by atoms with Gasteiger partial charge in [0.15, 0.2) is 5.82 Å². The van der Waals surface area contributed by atoms with Crippen LogP contribution in [0.25, 0.3) is 11.0 Å². The van der Waals surface area contributed by atoms with Gasteiger partial charge in [-0.15, -0.1) is 0 Å². The Morgan fingerprint density at radius 1 is 1.09 bits per heavy atom. The van der Waals surface area contributed by atoms with Crippen LogP contribution in [0.3, 0.4) is 0 Å². The number of nitrogens with one attached hydrogen (secondary N) is 1. The van der Waals surface area contributed by atoms with Gasteiger partial charge in [0.1, 0.15) is 0 Å². The van der Waals surface area contributed by atoms with Crippen molar-refractivity contribution in [1.29, 1.82) is 0 Å². The first-order chi connectivity index (χ1) is 15.5. The van der Waals surface area contributed by atoms with E-state index in [2.05, 4.69) is 10.3 Å². The van der Waals surface area contributed by atoms with E-state index in [4.69, 9.17) is 0 Å². The van der Waals surface area contributed by atoms with Crippen LogP contribution in [-0.4, -0.2) is 46.4 Å². The summed E-state index contributed by atoms with van der Waals surface area (Å²) in [5, 5.41) is 2.86. The van der Waals surface area contributed by atoms with Crippen LogP contribution < -0.4 is 15.8 Å².